The molecule has 3 N–H and O–H groups in total. The van der Waals surface area contributed by atoms with Crippen molar-refractivity contribution in [3.8, 4) is 0 Å². The molecule has 90 valence electrons. The Balaban J connectivity index is 2.18. The average molecular weight is 252 g/mol. The molecule has 0 bridgehead atoms. The van der Waals surface area contributed by atoms with Gasteiger partial charge in [-0.25, -0.2) is 4.98 Å². The number of hydrogen-bond acceptors (Lipinski definition) is 5. The molecule has 0 unspecified atom stereocenters. The Morgan fingerprint density at radius 2 is 2.18 bits per heavy atom. The minimum Gasteiger partial charge on any atom is -0.394 e. The van der Waals surface area contributed by atoms with E-state index >= 15 is 0 Å². The minimum absolute atomic E-state index is 0.287. The Bertz CT molecular complexity index is 522. The second-order valence-corrected chi connectivity index (χ2v) is 4.46. The van der Waals surface area contributed by atoms with Crippen LogP contribution in [0.5, 0.6) is 0 Å². The molecule has 2 rings (SSSR count). The highest BCUT2D eigenvalue weighted by molar-refractivity contribution is 7.16. The second-order valence-electron chi connectivity index (χ2n) is 3.57. The summed E-state index contributed by atoms with van der Waals surface area (Å²) < 4.78 is 0.933. The molecule has 0 aliphatic carbocycles. The van der Waals surface area contributed by atoms with E-state index in [1.807, 2.05) is 0 Å². The molecule has 5 nitrogen and oxygen atoms in total. The van der Waals surface area contributed by atoms with E-state index in [0.29, 0.717) is 5.56 Å². The summed E-state index contributed by atoms with van der Waals surface area (Å²) in [7, 11) is 0. The number of thiazole rings is 1. The quantitative estimate of drug-likeness (QED) is 0.734. The molecule has 0 fully saturated rings. The number of hydrogen-bond donors (Lipinski definition) is 3. The van der Waals surface area contributed by atoms with Crippen molar-refractivity contribution in [2.24, 2.45) is 0 Å². The highest BCUT2D eigenvalue weighted by Gasteiger charge is 2.12. The largest absolute Gasteiger partial charge is 0.394 e. The first kappa shape index (κ1) is 12.0. The monoisotopic (exact) mass is 252 g/mol. The van der Waals surface area contributed by atoms with Crippen molar-refractivity contribution >= 4 is 27.5 Å². The van der Waals surface area contributed by atoms with Crippen LogP contribution in [0.1, 0.15) is 10.4 Å². The Morgan fingerprint density at radius 3 is 2.88 bits per heavy atom. The van der Waals surface area contributed by atoms with Crippen LogP contribution in [0, 0.1) is 0 Å². The first-order chi connectivity index (χ1) is 8.24. The molecule has 17 heavy (non-hydrogen) atoms. The maximum Gasteiger partial charge on any atom is 0.251 e. The predicted octanol–water partition coefficient (Wildman–Crippen LogP) is 0.379. The lowest BCUT2D eigenvalue weighted by Crippen LogP contribution is -2.40. The molecule has 1 amide bonds. The third-order valence-corrected chi connectivity index (χ3v) is 3.16. The zero-order valence-corrected chi connectivity index (χ0v) is 9.78. The zero-order valence-electron chi connectivity index (χ0n) is 8.96. The number of aliphatic hydroxyl groups excluding tert-OH is 2. The Morgan fingerprint density at radius 1 is 1.41 bits per heavy atom. The van der Waals surface area contributed by atoms with E-state index in [2.05, 4.69) is 10.3 Å². The summed E-state index contributed by atoms with van der Waals surface area (Å²) in [4.78, 5) is 15.9. The maximum atomic E-state index is 11.8. The third kappa shape index (κ3) is 2.60. The van der Waals surface area contributed by atoms with E-state index in [4.69, 9.17) is 10.2 Å². The SMILES string of the molecule is O=C(NC(CO)CO)c1ccc2ncsc2c1. The number of fused-ring (bicyclic) bond motifs is 1. The number of aliphatic hydroxyl groups is 2. The fourth-order valence-corrected chi connectivity index (χ4v) is 2.13. The van der Waals surface area contributed by atoms with Crippen molar-refractivity contribution in [3.63, 3.8) is 0 Å². The first-order valence-electron chi connectivity index (χ1n) is 5.10. The minimum atomic E-state index is -0.625. The molecule has 0 saturated carbocycles. The summed E-state index contributed by atoms with van der Waals surface area (Å²) in [5.74, 6) is -0.312. The Kier molecular flexibility index (Phi) is 3.68. The van der Waals surface area contributed by atoms with Crippen molar-refractivity contribution < 1.29 is 15.0 Å². The average Bonchev–Trinajstić information content (AvgIpc) is 2.82. The summed E-state index contributed by atoms with van der Waals surface area (Å²) in [5.41, 5.74) is 3.07. The summed E-state index contributed by atoms with van der Waals surface area (Å²) in [5, 5.41) is 20.3. The number of nitrogens with one attached hydrogen (secondary N) is 1. The second kappa shape index (κ2) is 5.22. The fraction of sp³-hybridized carbons (Fsp3) is 0.273. The number of rotatable bonds is 4. The van der Waals surface area contributed by atoms with Crippen molar-refractivity contribution in [2.45, 2.75) is 6.04 Å². The smallest absolute Gasteiger partial charge is 0.251 e. The molecule has 1 heterocycles. The van der Waals surface area contributed by atoms with Crippen LogP contribution in [0.4, 0.5) is 0 Å². The molecule has 0 spiro atoms. The number of benzene rings is 1. The third-order valence-electron chi connectivity index (χ3n) is 2.37. The van der Waals surface area contributed by atoms with E-state index < -0.39 is 6.04 Å². The number of nitrogens with zero attached hydrogens (tertiary/aromatic N) is 1. The van der Waals surface area contributed by atoms with Gasteiger partial charge in [0, 0.05) is 5.56 Å². The van der Waals surface area contributed by atoms with Gasteiger partial charge in [0.05, 0.1) is 35.0 Å². The zero-order chi connectivity index (χ0) is 12.3. The lowest BCUT2D eigenvalue weighted by atomic mass is 10.2. The van der Waals surface area contributed by atoms with Crippen molar-refractivity contribution in [2.75, 3.05) is 13.2 Å². The molecule has 1 aromatic carbocycles. The van der Waals surface area contributed by atoms with Crippen LogP contribution in [0.25, 0.3) is 10.2 Å². The van der Waals surface area contributed by atoms with E-state index in [0.717, 1.165) is 10.2 Å². The molecule has 1 aromatic heterocycles. The molecular formula is C11H12N2O3S. The van der Waals surface area contributed by atoms with Crippen LogP contribution in [0.2, 0.25) is 0 Å². The maximum absolute atomic E-state index is 11.8. The lowest BCUT2D eigenvalue weighted by molar-refractivity contribution is 0.0879. The highest BCUT2D eigenvalue weighted by atomic mass is 32.1. The highest BCUT2D eigenvalue weighted by Crippen LogP contribution is 2.18. The van der Waals surface area contributed by atoms with Gasteiger partial charge in [-0.15, -0.1) is 11.3 Å². The topological polar surface area (TPSA) is 82.5 Å². The van der Waals surface area contributed by atoms with Gasteiger partial charge >= 0.3 is 0 Å². The van der Waals surface area contributed by atoms with Crippen LogP contribution in [0.3, 0.4) is 0 Å². The Hall–Kier alpha value is -1.50. The van der Waals surface area contributed by atoms with Gasteiger partial charge < -0.3 is 15.5 Å². The van der Waals surface area contributed by atoms with Gasteiger partial charge in [-0.2, -0.15) is 0 Å². The summed E-state index contributed by atoms with van der Waals surface area (Å²) in [6.07, 6.45) is 0. The van der Waals surface area contributed by atoms with Crippen LogP contribution < -0.4 is 5.32 Å². The molecule has 6 heteroatoms. The van der Waals surface area contributed by atoms with Crippen molar-refractivity contribution in [1.82, 2.24) is 10.3 Å². The summed E-state index contributed by atoms with van der Waals surface area (Å²) in [6.45, 7) is -0.573. The van der Waals surface area contributed by atoms with Gasteiger partial charge in [0.15, 0.2) is 0 Å². The number of amides is 1. The van der Waals surface area contributed by atoms with Gasteiger partial charge in [-0.3, -0.25) is 4.79 Å². The summed E-state index contributed by atoms with van der Waals surface area (Å²) >= 11 is 1.46. The molecule has 0 atom stereocenters. The molecule has 0 aliphatic heterocycles. The van der Waals surface area contributed by atoms with Gasteiger partial charge in [0.25, 0.3) is 5.91 Å². The van der Waals surface area contributed by atoms with Crippen LogP contribution in [0.15, 0.2) is 23.7 Å². The van der Waals surface area contributed by atoms with E-state index in [-0.39, 0.29) is 19.1 Å². The lowest BCUT2D eigenvalue weighted by Gasteiger charge is -2.13. The van der Waals surface area contributed by atoms with Crippen LogP contribution >= 0.6 is 11.3 Å². The summed E-state index contributed by atoms with van der Waals surface area (Å²) in [6, 6.07) is 4.56. The normalized spacial score (nSPS) is 11.0. The fourth-order valence-electron chi connectivity index (χ4n) is 1.41. The standard InChI is InChI=1S/C11H12N2O3S/c14-4-8(5-15)13-11(16)7-1-2-9-10(3-7)17-6-12-9/h1-3,6,8,14-15H,4-5H2,(H,13,16). The van der Waals surface area contributed by atoms with Crippen LogP contribution in [-0.4, -0.2) is 40.4 Å². The molecular weight excluding hydrogens is 240 g/mol. The Labute approximate surface area is 102 Å². The van der Waals surface area contributed by atoms with Gasteiger partial charge in [-0.05, 0) is 18.2 Å². The first-order valence-corrected chi connectivity index (χ1v) is 5.98. The number of aromatic nitrogens is 1. The predicted molar refractivity (Wildman–Crippen MR) is 65.0 cm³/mol. The van der Waals surface area contributed by atoms with Crippen molar-refractivity contribution in [3.05, 3.63) is 29.3 Å². The molecule has 0 saturated heterocycles. The van der Waals surface area contributed by atoms with Crippen molar-refractivity contribution in [1.29, 1.82) is 0 Å². The number of carbonyl (C=O) groups is 1. The molecule has 0 radical (unpaired) electrons. The molecule has 0 aliphatic rings. The van der Waals surface area contributed by atoms with Gasteiger partial charge in [-0.1, -0.05) is 0 Å². The van der Waals surface area contributed by atoms with E-state index in [1.54, 1.807) is 23.7 Å². The number of carbonyl (C=O) groups excluding carboxylic acids is 1. The van der Waals surface area contributed by atoms with E-state index in [9.17, 15) is 4.79 Å². The van der Waals surface area contributed by atoms with Crippen LogP contribution in [-0.2, 0) is 0 Å². The van der Waals surface area contributed by atoms with E-state index in [1.165, 1.54) is 11.3 Å². The van der Waals surface area contributed by atoms with Gasteiger partial charge in [0.2, 0.25) is 0 Å². The van der Waals surface area contributed by atoms with Gasteiger partial charge in [0.1, 0.15) is 0 Å². The molecule has 2 aromatic rings.